The van der Waals surface area contributed by atoms with Crippen LogP contribution in [0.2, 0.25) is 5.02 Å². The molecule has 0 aliphatic rings. The van der Waals surface area contributed by atoms with Crippen molar-refractivity contribution < 1.29 is 19.2 Å². The third-order valence-electron chi connectivity index (χ3n) is 2.53. The molecule has 8 heteroatoms. The molecule has 5 nitrogen and oxygen atoms in total. The molecule has 0 amide bonds. The highest BCUT2D eigenvalue weighted by Crippen LogP contribution is 2.37. The number of carbonyl (C=O) groups is 1. The van der Waals surface area contributed by atoms with Crippen molar-refractivity contribution in [2.24, 2.45) is 0 Å². The minimum absolute atomic E-state index is 0.0499. The molecule has 0 saturated heterocycles. The Balaban J connectivity index is 2.50. The van der Waals surface area contributed by atoms with E-state index in [2.05, 4.69) is 0 Å². The molecule has 0 fully saturated rings. The molecule has 0 atom stereocenters. The smallest absolute Gasteiger partial charge is 0.342 e. The zero-order valence-electron chi connectivity index (χ0n) is 10.2. The average molecular weight is 328 g/mol. The maximum Gasteiger partial charge on any atom is 0.342 e. The summed E-state index contributed by atoms with van der Waals surface area (Å²) in [4.78, 5) is 21.3. The summed E-state index contributed by atoms with van der Waals surface area (Å²) in [5.41, 5.74) is -1.36. The van der Waals surface area contributed by atoms with E-state index in [9.17, 15) is 19.3 Å². The third kappa shape index (κ3) is 3.32. The van der Waals surface area contributed by atoms with E-state index >= 15 is 0 Å². The van der Waals surface area contributed by atoms with Crippen molar-refractivity contribution in [3.63, 3.8) is 0 Å². The van der Waals surface area contributed by atoms with Crippen molar-refractivity contribution >= 4 is 35.0 Å². The number of nitro benzene ring substituents is 1. The minimum atomic E-state index is -1.50. The molecule has 2 aromatic rings. The Morgan fingerprint density at radius 3 is 2.52 bits per heavy atom. The maximum absolute atomic E-state index is 13.9. The molecule has 21 heavy (non-hydrogen) atoms. The zero-order valence-corrected chi connectivity index (χ0v) is 11.8. The molecular formula is C13H7ClFNO4S. The number of rotatable bonds is 4. The average Bonchev–Trinajstić information content (AvgIpc) is 2.42. The number of carboxylic acids is 1. The van der Waals surface area contributed by atoms with Gasteiger partial charge in [0, 0.05) is 9.79 Å². The summed E-state index contributed by atoms with van der Waals surface area (Å²) in [5.74, 6) is -2.38. The Morgan fingerprint density at radius 2 is 1.95 bits per heavy atom. The molecule has 1 N–H and O–H groups in total. The van der Waals surface area contributed by atoms with Crippen LogP contribution in [0, 0.1) is 15.9 Å². The molecule has 0 radical (unpaired) electrons. The van der Waals surface area contributed by atoms with Crippen LogP contribution in [0.4, 0.5) is 10.1 Å². The van der Waals surface area contributed by atoms with Crippen molar-refractivity contribution in [3.8, 4) is 0 Å². The third-order valence-corrected chi connectivity index (χ3v) is 4.08. The van der Waals surface area contributed by atoms with Crippen molar-refractivity contribution in [2.45, 2.75) is 9.79 Å². The number of hydrogen-bond acceptors (Lipinski definition) is 4. The Bertz CT molecular complexity index is 738. The van der Waals surface area contributed by atoms with E-state index in [1.54, 1.807) is 24.3 Å². The van der Waals surface area contributed by atoms with Crippen molar-refractivity contribution in [1.82, 2.24) is 0 Å². The van der Waals surface area contributed by atoms with Crippen LogP contribution in [0.3, 0.4) is 0 Å². The van der Waals surface area contributed by atoms with E-state index < -0.39 is 28.0 Å². The number of carboxylic acid groups (broad SMARTS) is 1. The van der Waals surface area contributed by atoms with Crippen molar-refractivity contribution in [1.29, 1.82) is 0 Å². The second-order valence-corrected chi connectivity index (χ2v) is 5.39. The molecule has 0 spiro atoms. The first-order valence-electron chi connectivity index (χ1n) is 5.53. The largest absolute Gasteiger partial charge is 0.477 e. The topological polar surface area (TPSA) is 80.4 Å². The lowest BCUT2D eigenvalue weighted by Crippen LogP contribution is -2.04. The van der Waals surface area contributed by atoms with Crippen LogP contribution < -0.4 is 0 Å². The minimum Gasteiger partial charge on any atom is -0.477 e. The highest BCUT2D eigenvalue weighted by molar-refractivity contribution is 7.99. The highest BCUT2D eigenvalue weighted by Gasteiger charge is 2.23. The SMILES string of the molecule is O=C(O)c1cc(Sc2ccccc2Cl)c(F)cc1[N+](=O)[O-]. The van der Waals surface area contributed by atoms with Gasteiger partial charge in [0.05, 0.1) is 16.0 Å². The molecule has 0 unspecified atom stereocenters. The fourth-order valence-electron chi connectivity index (χ4n) is 1.59. The summed E-state index contributed by atoms with van der Waals surface area (Å²) in [6.45, 7) is 0. The molecule has 2 aromatic carbocycles. The van der Waals surface area contributed by atoms with Crippen LogP contribution in [0.1, 0.15) is 10.4 Å². The van der Waals surface area contributed by atoms with Gasteiger partial charge in [-0.1, -0.05) is 35.5 Å². The van der Waals surface area contributed by atoms with E-state index in [1.807, 2.05) is 0 Å². The summed E-state index contributed by atoms with van der Waals surface area (Å²) < 4.78 is 13.9. The monoisotopic (exact) mass is 327 g/mol. The molecule has 0 aromatic heterocycles. The number of nitro groups is 1. The first-order valence-corrected chi connectivity index (χ1v) is 6.73. The van der Waals surface area contributed by atoms with Crippen LogP contribution in [0.15, 0.2) is 46.2 Å². The standard InChI is InChI=1S/C13H7ClFNO4S/c14-8-3-1-2-4-11(8)21-12-5-7(13(17)18)10(16(19)20)6-9(12)15/h1-6H,(H,17,18). The Hall–Kier alpha value is -2.12. The summed E-state index contributed by atoms with van der Waals surface area (Å²) >= 11 is 6.84. The van der Waals surface area contributed by atoms with Gasteiger partial charge in [-0.25, -0.2) is 9.18 Å². The van der Waals surface area contributed by atoms with E-state index in [0.29, 0.717) is 16.0 Å². The summed E-state index contributed by atoms with van der Waals surface area (Å²) in [5, 5.41) is 20.1. The first kappa shape index (κ1) is 15.3. The van der Waals surface area contributed by atoms with Gasteiger partial charge in [-0.15, -0.1) is 0 Å². The quantitative estimate of drug-likeness (QED) is 0.671. The van der Waals surface area contributed by atoms with Gasteiger partial charge in [-0.05, 0) is 18.2 Å². The Labute approximate surface area is 127 Å². The highest BCUT2D eigenvalue weighted by atomic mass is 35.5. The van der Waals surface area contributed by atoms with Gasteiger partial charge in [0.25, 0.3) is 5.69 Å². The molecule has 108 valence electrons. The van der Waals surface area contributed by atoms with Gasteiger partial charge in [-0.2, -0.15) is 0 Å². The maximum atomic E-state index is 13.9. The van der Waals surface area contributed by atoms with Gasteiger partial charge in [0.15, 0.2) is 0 Å². The number of aromatic carboxylic acids is 1. The lowest BCUT2D eigenvalue weighted by Gasteiger charge is -2.07. The van der Waals surface area contributed by atoms with E-state index in [1.165, 1.54) is 0 Å². The summed E-state index contributed by atoms with van der Waals surface area (Å²) in [6.07, 6.45) is 0. The van der Waals surface area contributed by atoms with Crippen LogP contribution in [-0.4, -0.2) is 16.0 Å². The van der Waals surface area contributed by atoms with E-state index in [0.717, 1.165) is 17.8 Å². The predicted octanol–water partition coefficient (Wildman–Crippen LogP) is 4.24. The van der Waals surface area contributed by atoms with Gasteiger partial charge in [0.2, 0.25) is 0 Å². The predicted molar refractivity (Wildman–Crippen MR) is 75.6 cm³/mol. The van der Waals surface area contributed by atoms with Crippen molar-refractivity contribution in [3.05, 3.63) is 62.9 Å². The first-order chi connectivity index (χ1) is 9.90. The van der Waals surface area contributed by atoms with Gasteiger partial charge < -0.3 is 5.11 Å². The Morgan fingerprint density at radius 1 is 1.29 bits per heavy atom. The fraction of sp³-hybridized carbons (Fsp3) is 0. The number of hydrogen-bond donors (Lipinski definition) is 1. The van der Waals surface area contributed by atoms with Gasteiger partial charge in [-0.3, -0.25) is 10.1 Å². The van der Waals surface area contributed by atoms with E-state index in [-0.39, 0.29) is 4.90 Å². The molecule has 0 bridgehead atoms. The molecule has 0 heterocycles. The Kier molecular flexibility index (Phi) is 4.44. The molecule has 0 saturated carbocycles. The molecule has 0 aliphatic heterocycles. The summed E-state index contributed by atoms with van der Waals surface area (Å²) in [6, 6.07) is 8.16. The molecule has 2 rings (SSSR count). The molecule has 0 aliphatic carbocycles. The summed E-state index contributed by atoms with van der Waals surface area (Å²) in [7, 11) is 0. The van der Waals surface area contributed by atoms with Crippen LogP contribution in [0.25, 0.3) is 0 Å². The fourth-order valence-corrected chi connectivity index (χ4v) is 2.72. The lowest BCUT2D eigenvalue weighted by atomic mass is 10.2. The number of halogens is 2. The van der Waals surface area contributed by atoms with Gasteiger partial charge in [0.1, 0.15) is 11.4 Å². The van der Waals surface area contributed by atoms with Crippen LogP contribution >= 0.6 is 23.4 Å². The van der Waals surface area contributed by atoms with Crippen LogP contribution in [-0.2, 0) is 0 Å². The van der Waals surface area contributed by atoms with Crippen LogP contribution in [0.5, 0.6) is 0 Å². The lowest BCUT2D eigenvalue weighted by molar-refractivity contribution is -0.385. The second-order valence-electron chi connectivity index (χ2n) is 3.89. The van der Waals surface area contributed by atoms with Crippen molar-refractivity contribution in [2.75, 3.05) is 0 Å². The van der Waals surface area contributed by atoms with Gasteiger partial charge >= 0.3 is 5.97 Å². The zero-order chi connectivity index (χ0) is 15.6. The van der Waals surface area contributed by atoms with E-state index in [4.69, 9.17) is 16.7 Å². The number of nitrogens with zero attached hydrogens (tertiary/aromatic N) is 1. The second kappa shape index (κ2) is 6.11. The number of benzene rings is 2. The normalized spacial score (nSPS) is 10.4. The molecular weight excluding hydrogens is 321 g/mol.